The largest absolute Gasteiger partial charge is 0.294 e. The van der Waals surface area contributed by atoms with E-state index in [-0.39, 0.29) is 10.8 Å². The van der Waals surface area contributed by atoms with Crippen molar-refractivity contribution < 1.29 is 4.79 Å². The van der Waals surface area contributed by atoms with Crippen LogP contribution >= 0.6 is 0 Å². The van der Waals surface area contributed by atoms with E-state index < -0.39 is 0 Å². The van der Waals surface area contributed by atoms with Gasteiger partial charge in [-0.3, -0.25) is 4.79 Å². The summed E-state index contributed by atoms with van der Waals surface area (Å²) >= 11 is 0. The third-order valence-corrected chi connectivity index (χ3v) is 6.27. The van der Waals surface area contributed by atoms with Gasteiger partial charge in [0.2, 0.25) is 0 Å². The standard InChI is InChI=1S/C20H24O/c1-14-12-13-20(4,19(14,2)3)18(21)17-11-7-9-15-8-5-6-10-16(15)17/h5-11,14H,12-13H2,1-4H3/t14-,20+/m1/s1. The molecular weight excluding hydrogens is 256 g/mol. The number of carbonyl (C=O) groups is 1. The normalized spacial score (nSPS) is 27.9. The van der Waals surface area contributed by atoms with Crippen LogP contribution in [0.2, 0.25) is 0 Å². The fraction of sp³-hybridized carbons (Fsp3) is 0.450. The van der Waals surface area contributed by atoms with E-state index in [2.05, 4.69) is 45.9 Å². The van der Waals surface area contributed by atoms with Gasteiger partial charge in [0.1, 0.15) is 0 Å². The van der Waals surface area contributed by atoms with Crippen LogP contribution in [0.4, 0.5) is 0 Å². The summed E-state index contributed by atoms with van der Waals surface area (Å²) in [5.74, 6) is 0.898. The van der Waals surface area contributed by atoms with Crippen LogP contribution in [0.25, 0.3) is 10.8 Å². The second-order valence-electron chi connectivity index (χ2n) is 7.35. The first-order valence-corrected chi connectivity index (χ1v) is 7.90. The summed E-state index contributed by atoms with van der Waals surface area (Å²) in [5.41, 5.74) is 0.662. The Morgan fingerprint density at radius 3 is 2.38 bits per heavy atom. The van der Waals surface area contributed by atoms with Crippen LogP contribution in [0.5, 0.6) is 0 Å². The average Bonchev–Trinajstić information content (AvgIpc) is 2.70. The van der Waals surface area contributed by atoms with E-state index in [4.69, 9.17) is 0 Å². The van der Waals surface area contributed by atoms with Crippen LogP contribution in [0, 0.1) is 16.7 Å². The van der Waals surface area contributed by atoms with Gasteiger partial charge in [0.25, 0.3) is 0 Å². The van der Waals surface area contributed by atoms with E-state index in [9.17, 15) is 4.79 Å². The quantitative estimate of drug-likeness (QED) is 0.665. The highest BCUT2D eigenvalue weighted by molar-refractivity contribution is 6.11. The van der Waals surface area contributed by atoms with E-state index in [1.165, 1.54) is 0 Å². The molecule has 0 amide bonds. The van der Waals surface area contributed by atoms with Crippen LogP contribution in [-0.2, 0) is 0 Å². The van der Waals surface area contributed by atoms with Crippen molar-refractivity contribution in [3.8, 4) is 0 Å². The number of carbonyl (C=O) groups excluding carboxylic acids is 1. The fourth-order valence-electron chi connectivity index (χ4n) is 3.86. The van der Waals surface area contributed by atoms with E-state index in [1.54, 1.807) is 0 Å². The van der Waals surface area contributed by atoms with Gasteiger partial charge in [-0.1, -0.05) is 70.2 Å². The van der Waals surface area contributed by atoms with Crippen LogP contribution in [0.15, 0.2) is 42.5 Å². The zero-order valence-corrected chi connectivity index (χ0v) is 13.4. The van der Waals surface area contributed by atoms with Gasteiger partial charge >= 0.3 is 0 Å². The number of ketones is 1. The molecule has 0 heterocycles. The number of hydrogen-bond donors (Lipinski definition) is 0. The SMILES string of the molecule is C[C@@H]1CC[C@@](C)(C(=O)c2cccc3ccccc23)C1(C)C. The number of hydrogen-bond acceptors (Lipinski definition) is 1. The third kappa shape index (κ3) is 1.94. The molecule has 2 atom stereocenters. The van der Waals surface area contributed by atoms with Crippen LogP contribution < -0.4 is 0 Å². The highest BCUT2D eigenvalue weighted by atomic mass is 16.1. The Hall–Kier alpha value is -1.63. The predicted molar refractivity (Wildman–Crippen MR) is 88.6 cm³/mol. The number of benzene rings is 2. The molecule has 0 aromatic heterocycles. The predicted octanol–water partition coefficient (Wildman–Crippen LogP) is 5.48. The van der Waals surface area contributed by atoms with Gasteiger partial charge in [-0.05, 0) is 34.9 Å². The van der Waals surface area contributed by atoms with Crippen LogP contribution in [-0.4, -0.2) is 5.78 Å². The first kappa shape index (κ1) is 14.3. The summed E-state index contributed by atoms with van der Waals surface area (Å²) in [6.45, 7) is 8.96. The van der Waals surface area contributed by atoms with Gasteiger partial charge in [-0.25, -0.2) is 0 Å². The Balaban J connectivity index is 2.14. The van der Waals surface area contributed by atoms with Crippen molar-refractivity contribution in [1.82, 2.24) is 0 Å². The molecule has 110 valence electrons. The van der Waals surface area contributed by atoms with Crippen LogP contribution in [0.1, 0.15) is 50.9 Å². The lowest BCUT2D eigenvalue weighted by Crippen LogP contribution is -2.40. The Labute approximate surface area is 127 Å². The van der Waals surface area contributed by atoms with Crippen molar-refractivity contribution in [2.75, 3.05) is 0 Å². The zero-order chi connectivity index (χ0) is 15.3. The maximum Gasteiger partial charge on any atom is 0.169 e. The molecule has 2 aromatic carbocycles. The summed E-state index contributed by atoms with van der Waals surface area (Å²) in [6.07, 6.45) is 2.13. The van der Waals surface area contributed by atoms with Crippen molar-refractivity contribution in [2.24, 2.45) is 16.7 Å². The molecule has 0 bridgehead atoms. The summed E-state index contributed by atoms with van der Waals surface area (Å²) in [4.78, 5) is 13.3. The molecule has 21 heavy (non-hydrogen) atoms. The number of fused-ring (bicyclic) bond motifs is 1. The Morgan fingerprint density at radius 2 is 1.71 bits per heavy atom. The first-order chi connectivity index (χ1) is 9.88. The topological polar surface area (TPSA) is 17.1 Å². The van der Waals surface area contributed by atoms with Gasteiger partial charge in [0.05, 0.1) is 0 Å². The van der Waals surface area contributed by atoms with Gasteiger partial charge < -0.3 is 0 Å². The molecule has 0 radical (unpaired) electrons. The summed E-state index contributed by atoms with van der Waals surface area (Å²) in [7, 11) is 0. The minimum atomic E-state index is -0.267. The highest BCUT2D eigenvalue weighted by Gasteiger charge is 2.54. The van der Waals surface area contributed by atoms with Gasteiger partial charge in [0.15, 0.2) is 5.78 Å². The fourth-order valence-corrected chi connectivity index (χ4v) is 3.86. The highest BCUT2D eigenvalue weighted by Crippen LogP contribution is 2.57. The van der Waals surface area contributed by atoms with Crippen molar-refractivity contribution >= 4 is 16.6 Å². The van der Waals surface area contributed by atoms with Crippen molar-refractivity contribution in [3.63, 3.8) is 0 Å². The molecule has 1 nitrogen and oxygen atoms in total. The van der Waals surface area contributed by atoms with Gasteiger partial charge in [-0.2, -0.15) is 0 Å². The van der Waals surface area contributed by atoms with Gasteiger partial charge in [-0.15, -0.1) is 0 Å². The maximum atomic E-state index is 13.3. The third-order valence-electron chi connectivity index (χ3n) is 6.27. The second kappa shape index (κ2) is 4.69. The minimum Gasteiger partial charge on any atom is -0.294 e. The average molecular weight is 280 g/mol. The maximum absolute atomic E-state index is 13.3. The molecule has 0 aliphatic heterocycles. The lowest BCUT2D eigenvalue weighted by molar-refractivity contribution is 0.0548. The molecular formula is C20H24O. The molecule has 3 rings (SSSR count). The molecule has 1 aliphatic rings. The lowest BCUT2D eigenvalue weighted by atomic mass is 9.62. The zero-order valence-electron chi connectivity index (χ0n) is 13.4. The van der Waals surface area contributed by atoms with Gasteiger partial charge in [0, 0.05) is 11.0 Å². The Morgan fingerprint density at radius 1 is 1.05 bits per heavy atom. The van der Waals surface area contributed by atoms with E-state index in [0.29, 0.717) is 11.7 Å². The van der Waals surface area contributed by atoms with Crippen molar-refractivity contribution in [3.05, 3.63) is 48.0 Å². The number of rotatable bonds is 2. The smallest absolute Gasteiger partial charge is 0.169 e. The monoisotopic (exact) mass is 280 g/mol. The molecule has 2 aromatic rings. The minimum absolute atomic E-state index is 0.0427. The van der Waals surface area contributed by atoms with Crippen molar-refractivity contribution in [2.45, 2.75) is 40.5 Å². The molecule has 0 unspecified atom stereocenters. The number of Topliss-reactive ketones (excluding diaryl/α,β-unsaturated/α-hetero) is 1. The second-order valence-corrected chi connectivity index (χ2v) is 7.35. The molecule has 1 heteroatoms. The first-order valence-electron chi connectivity index (χ1n) is 7.90. The molecule has 1 saturated carbocycles. The molecule has 0 spiro atoms. The lowest BCUT2D eigenvalue weighted by Gasteiger charge is -2.40. The Bertz CT molecular complexity index is 693. The molecule has 0 N–H and O–H groups in total. The van der Waals surface area contributed by atoms with Crippen LogP contribution in [0.3, 0.4) is 0 Å². The van der Waals surface area contributed by atoms with E-state index in [0.717, 1.165) is 29.2 Å². The summed E-state index contributed by atoms with van der Waals surface area (Å²) in [5, 5.41) is 2.23. The van der Waals surface area contributed by atoms with E-state index in [1.807, 2.05) is 24.3 Å². The Kier molecular flexibility index (Phi) is 3.20. The summed E-state index contributed by atoms with van der Waals surface area (Å²) in [6, 6.07) is 14.3. The summed E-state index contributed by atoms with van der Waals surface area (Å²) < 4.78 is 0. The van der Waals surface area contributed by atoms with E-state index >= 15 is 0 Å². The molecule has 0 saturated heterocycles. The van der Waals surface area contributed by atoms with Crippen molar-refractivity contribution in [1.29, 1.82) is 0 Å². The molecule has 1 aliphatic carbocycles. The molecule has 1 fully saturated rings.